The summed E-state index contributed by atoms with van der Waals surface area (Å²) in [5.74, 6) is 0.617. The molecule has 0 aliphatic carbocycles. The van der Waals surface area contributed by atoms with E-state index in [-0.39, 0.29) is 0 Å². The molecule has 0 unspecified atom stereocenters. The summed E-state index contributed by atoms with van der Waals surface area (Å²) in [6.07, 6.45) is 4.01. The molecular formula is C9H13ClN4. The van der Waals surface area contributed by atoms with Gasteiger partial charge in [0, 0.05) is 18.8 Å². The third-order valence-corrected chi connectivity index (χ3v) is 2.46. The number of rotatable bonds is 2. The van der Waals surface area contributed by atoms with Crippen molar-refractivity contribution in [1.29, 1.82) is 0 Å². The van der Waals surface area contributed by atoms with Crippen LogP contribution in [0.5, 0.6) is 0 Å². The van der Waals surface area contributed by atoms with Crippen LogP contribution in [0.2, 0.25) is 5.15 Å². The molecule has 1 saturated heterocycles. The van der Waals surface area contributed by atoms with Crippen LogP contribution in [0, 0.1) is 0 Å². The van der Waals surface area contributed by atoms with Crippen LogP contribution in [0.3, 0.4) is 0 Å². The van der Waals surface area contributed by atoms with Crippen LogP contribution in [0.25, 0.3) is 0 Å². The molecule has 2 heterocycles. The van der Waals surface area contributed by atoms with E-state index >= 15 is 0 Å². The Morgan fingerprint density at radius 2 is 2.50 bits per heavy atom. The number of nitrogens with zero attached hydrogens (tertiary/aromatic N) is 2. The Balaban J connectivity index is 1.95. The molecule has 0 bridgehead atoms. The second kappa shape index (κ2) is 4.57. The zero-order valence-electron chi connectivity index (χ0n) is 7.83. The number of halogens is 1. The van der Waals surface area contributed by atoms with Crippen LogP contribution in [0.15, 0.2) is 12.3 Å². The average Bonchev–Trinajstić information content (AvgIpc) is 2.19. The smallest absolute Gasteiger partial charge is 0.224 e. The van der Waals surface area contributed by atoms with Gasteiger partial charge in [-0.2, -0.15) is 0 Å². The number of piperidine rings is 1. The molecule has 1 fully saturated rings. The lowest BCUT2D eigenvalue weighted by Crippen LogP contribution is -2.38. The molecule has 1 aromatic heterocycles. The molecule has 0 spiro atoms. The molecule has 1 aliphatic rings. The van der Waals surface area contributed by atoms with Gasteiger partial charge in [-0.1, -0.05) is 11.6 Å². The molecule has 1 atom stereocenters. The quantitative estimate of drug-likeness (QED) is 0.726. The van der Waals surface area contributed by atoms with Crippen molar-refractivity contribution in [2.24, 2.45) is 0 Å². The molecule has 2 rings (SSSR count). The van der Waals surface area contributed by atoms with Crippen molar-refractivity contribution < 1.29 is 0 Å². The number of hydrogen-bond acceptors (Lipinski definition) is 4. The molecular weight excluding hydrogens is 200 g/mol. The highest BCUT2D eigenvalue weighted by atomic mass is 35.5. The average molecular weight is 213 g/mol. The second-order valence-corrected chi connectivity index (χ2v) is 3.78. The SMILES string of the molecule is Clc1ccnc(N[C@H]2CCCNC2)n1. The summed E-state index contributed by atoms with van der Waals surface area (Å²) in [4.78, 5) is 8.18. The van der Waals surface area contributed by atoms with Crippen LogP contribution < -0.4 is 10.6 Å². The molecule has 1 aliphatic heterocycles. The highest BCUT2D eigenvalue weighted by molar-refractivity contribution is 6.29. The minimum Gasteiger partial charge on any atom is -0.350 e. The van der Waals surface area contributed by atoms with Crippen LogP contribution >= 0.6 is 11.6 Å². The Hall–Kier alpha value is -0.870. The monoisotopic (exact) mass is 212 g/mol. The van der Waals surface area contributed by atoms with E-state index in [0.29, 0.717) is 17.1 Å². The minimum absolute atomic E-state index is 0.419. The van der Waals surface area contributed by atoms with E-state index < -0.39 is 0 Å². The number of nitrogens with one attached hydrogen (secondary N) is 2. The van der Waals surface area contributed by atoms with E-state index in [9.17, 15) is 0 Å². The van der Waals surface area contributed by atoms with Gasteiger partial charge in [-0.3, -0.25) is 0 Å². The molecule has 0 aromatic carbocycles. The van der Waals surface area contributed by atoms with E-state index in [4.69, 9.17) is 11.6 Å². The third-order valence-electron chi connectivity index (χ3n) is 2.25. The van der Waals surface area contributed by atoms with Crippen molar-refractivity contribution in [2.45, 2.75) is 18.9 Å². The zero-order valence-corrected chi connectivity index (χ0v) is 8.59. The lowest BCUT2D eigenvalue weighted by molar-refractivity contribution is 0.478. The lowest BCUT2D eigenvalue weighted by atomic mass is 10.1. The van der Waals surface area contributed by atoms with Crippen molar-refractivity contribution in [3.8, 4) is 0 Å². The van der Waals surface area contributed by atoms with Gasteiger partial charge in [0.25, 0.3) is 0 Å². The summed E-state index contributed by atoms with van der Waals surface area (Å²) >= 11 is 5.76. The van der Waals surface area contributed by atoms with Crippen molar-refractivity contribution in [3.63, 3.8) is 0 Å². The van der Waals surface area contributed by atoms with Crippen LogP contribution in [-0.4, -0.2) is 29.1 Å². The molecule has 0 radical (unpaired) electrons. The maximum absolute atomic E-state index is 5.76. The maximum atomic E-state index is 5.76. The number of hydrogen-bond donors (Lipinski definition) is 2. The first-order chi connectivity index (χ1) is 6.84. The van der Waals surface area contributed by atoms with E-state index in [2.05, 4.69) is 20.6 Å². The van der Waals surface area contributed by atoms with Gasteiger partial charge in [-0.25, -0.2) is 9.97 Å². The zero-order chi connectivity index (χ0) is 9.80. The predicted molar refractivity (Wildman–Crippen MR) is 56.6 cm³/mol. The molecule has 5 heteroatoms. The summed E-state index contributed by atoms with van der Waals surface area (Å²) in [6.45, 7) is 2.07. The molecule has 2 N–H and O–H groups in total. The lowest BCUT2D eigenvalue weighted by Gasteiger charge is -2.23. The van der Waals surface area contributed by atoms with Gasteiger partial charge in [-0.05, 0) is 25.5 Å². The number of aromatic nitrogens is 2. The molecule has 1 aromatic rings. The van der Waals surface area contributed by atoms with Gasteiger partial charge < -0.3 is 10.6 Å². The molecule has 14 heavy (non-hydrogen) atoms. The van der Waals surface area contributed by atoms with E-state index in [0.717, 1.165) is 19.5 Å². The molecule has 4 nitrogen and oxygen atoms in total. The van der Waals surface area contributed by atoms with Crippen LogP contribution in [0.1, 0.15) is 12.8 Å². The van der Waals surface area contributed by atoms with Gasteiger partial charge >= 0.3 is 0 Å². The normalized spacial score (nSPS) is 21.9. The first kappa shape index (κ1) is 9.68. The topological polar surface area (TPSA) is 49.8 Å². The largest absolute Gasteiger partial charge is 0.350 e. The Morgan fingerprint density at radius 1 is 1.57 bits per heavy atom. The highest BCUT2D eigenvalue weighted by Gasteiger charge is 2.13. The summed E-state index contributed by atoms with van der Waals surface area (Å²) in [7, 11) is 0. The Labute approximate surface area is 88.1 Å². The van der Waals surface area contributed by atoms with Crippen LogP contribution in [0.4, 0.5) is 5.95 Å². The predicted octanol–water partition coefficient (Wildman–Crippen LogP) is 1.29. The van der Waals surface area contributed by atoms with Crippen molar-refractivity contribution in [1.82, 2.24) is 15.3 Å². The van der Waals surface area contributed by atoms with Crippen molar-refractivity contribution in [2.75, 3.05) is 18.4 Å². The Bertz CT molecular complexity index is 299. The standard InChI is InChI=1S/C9H13ClN4/c10-8-3-5-12-9(14-8)13-7-2-1-4-11-6-7/h3,5,7,11H,1-2,4,6H2,(H,12,13,14)/t7-/m0/s1. The fourth-order valence-corrected chi connectivity index (χ4v) is 1.70. The highest BCUT2D eigenvalue weighted by Crippen LogP contribution is 2.10. The summed E-state index contributed by atoms with van der Waals surface area (Å²) in [6, 6.07) is 2.09. The Morgan fingerprint density at radius 3 is 3.21 bits per heavy atom. The van der Waals surface area contributed by atoms with Gasteiger partial charge in [-0.15, -0.1) is 0 Å². The van der Waals surface area contributed by atoms with Crippen molar-refractivity contribution in [3.05, 3.63) is 17.4 Å². The first-order valence-corrected chi connectivity index (χ1v) is 5.18. The summed E-state index contributed by atoms with van der Waals surface area (Å²) in [5.41, 5.74) is 0. The minimum atomic E-state index is 0.419. The fraction of sp³-hybridized carbons (Fsp3) is 0.556. The van der Waals surface area contributed by atoms with Crippen molar-refractivity contribution >= 4 is 17.5 Å². The third kappa shape index (κ3) is 2.56. The van der Waals surface area contributed by atoms with E-state index in [1.807, 2.05) is 0 Å². The van der Waals surface area contributed by atoms with Gasteiger partial charge in [0.15, 0.2) is 0 Å². The molecule has 0 saturated carbocycles. The molecule has 76 valence electrons. The second-order valence-electron chi connectivity index (χ2n) is 3.39. The van der Waals surface area contributed by atoms with Gasteiger partial charge in [0.1, 0.15) is 5.15 Å². The Kier molecular flexibility index (Phi) is 3.16. The maximum Gasteiger partial charge on any atom is 0.224 e. The van der Waals surface area contributed by atoms with Crippen LogP contribution in [-0.2, 0) is 0 Å². The van der Waals surface area contributed by atoms with E-state index in [1.165, 1.54) is 6.42 Å². The van der Waals surface area contributed by atoms with Gasteiger partial charge in [0.05, 0.1) is 0 Å². The summed E-state index contributed by atoms with van der Waals surface area (Å²) in [5, 5.41) is 7.05. The summed E-state index contributed by atoms with van der Waals surface area (Å²) < 4.78 is 0. The molecule has 0 amide bonds. The number of anilines is 1. The first-order valence-electron chi connectivity index (χ1n) is 4.80. The van der Waals surface area contributed by atoms with E-state index in [1.54, 1.807) is 12.3 Å². The fourth-order valence-electron chi connectivity index (χ4n) is 1.56. The van der Waals surface area contributed by atoms with Gasteiger partial charge in [0.2, 0.25) is 5.95 Å².